The van der Waals surface area contributed by atoms with E-state index in [1.807, 2.05) is 11.5 Å². The zero-order valence-electron chi connectivity index (χ0n) is 19.2. The molecule has 1 aliphatic carbocycles. The molecule has 35 heavy (non-hydrogen) atoms. The van der Waals surface area contributed by atoms with Crippen LogP contribution in [-0.4, -0.2) is 39.5 Å². The van der Waals surface area contributed by atoms with E-state index in [-0.39, 0.29) is 18.3 Å². The maximum absolute atomic E-state index is 12.8. The Labute approximate surface area is 221 Å². The fourth-order valence-corrected chi connectivity index (χ4v) is 6.29. The Morgan fingerprint density at radius 1 is 1.23 bits per heavy atom. The van der Waals surface area contributed by atoms with Gasteiger partial charge in [-0.1, -0.05) is 35.0 Å². The van der Waals surface area contributed by atoms with Gasteiger partial charge in [0.05, 0.1) is 23.4 Å². The molecule has 0 atom stereocenters. The molecular weight excluding hydrogens is 531 g/mol. The molecule has 1 aliphatic rings. The second-order valence-corrected chi connectivity index (χ2v) is 10.6. The van der Waals surface area contributed by atoms with Gasteiger partial charge >= 0.3 is 5.97 Å². The minimum absolute atomic E-state index is 0.113. The van der Waals surface area contributed by atoms with Gasteiger partial charge in [-0.3, -0.25) is 4.79 Å². The van der Waals surface area contributed by atoms with Gasteiger partial charge in [-0.2, -0.15) is 0 Å². The minimum atomic E-state index is -0.414. The van der Waals surface area contributed by atoms with Crippen LogP contribution in [0.15, 0.2) is 23.4 Å². The van der Waals surface area contributed by atoms with Crippen molar-refractivity contribution in [3.63, 3.8) is 0 Å². The van der Waals surface area contributed by atoms with E-state index in [4.69, 9.17) is 32.7 Å². The summed E-state index contributed by atoms with van der Waals surface area (Å²) in [7, 11) is 1.36. The van der Waals surface area contributed by atoms with Crippen LogP contribution in [0.4, 0.5) is 5.00 Å². The number of nitrogens with one attached hydrogen (secondary N) is 1. The summed E-state index contributed by atoms with van der Waals surface area (Å²) in [5.74, 6) is 0.529. The average Bonchev–Trinajstić information content (AvgIpc) is 3.42. The lowest BCUT2D eigenvalue weighted by atomic mass is 9.95. The minimum Gasteiger partial charge on any atom is -0.484 e. The number of amides is 1. The monoisotopic (exact) mass is 554 g/mol. The Morgan fingerprint density at radius 2 is 2.03 bits per heavy atom. The number of rotatable bonds is 9. The Balaban J connectivity index is 1.41. The Hall–Kier alpha value is -2.27. The number of hydrogen-bond donors (Lipinski definition) is 1. The molecule has 3 aromatic rings. The second-order valence-electron chi connectivity index (χ2n) is 7.75. The number of nitrogens with zero attached hydrogens (tertiary/aromatic N) is 3. The van der Waals surface area contributed by atoms with Gasteiger partial charge in [0.1, 0.15) is 17.4 Å². The summed E-state index contributed by atoms with van der Waals surface area (Å²) in [6.45, 7) is 2.71. The molecule has 2 aromatic heterocycles. The van der Waals surface area contributed by atoms with Gasteiger partial charge in [-0.05, 0) is 50.3 Å². The van der Waals surface area contributed by atoms with Crippen molar-refractivity contribution >= 4 is 63.2 Å². The van der Waals surface area contributed by atoms with Crippen molar-refractivity contribution in [1.82, 2.24) is 14.8 Å². The largest absolute Gasteiger partial charge is 0.484 e. The second kappa shape index (κ2) is 11.6. The fourth-order valence-electron chi connectivity index (χ4n) is 3.85. The number of ether oxygens (including phenoxy) is 2. The molecule has 12 heteroatoms. The van der Waals surface area contributed by atoms with Crippen LogP contribution in [0, 0.1) is 0 Å². The number of methoxy groups -OCH3 is 1. The predicted molar refractivity (Wildman–Crippen MR) is 138 cm³/mol. The number of carbonyl (C=O) groups is 2. The van der Waals surface area contributed by atoms with E-state index in [1.54, 1.807) is 18.2 Å². The third kappa shape index (κ3) is 5.94. The summed E-state index contributed by atoms with van der Waals surface area (Å²) in [6.07, 6.45) is 3.85. The first-order chi connectivity index (χ1) is 16.9. The number of thioether (sulfide) groups is 1. The quantitative estimate of drug-likeness (QED) is 0.270. The summed E-state index contributed by atoms with van der Waals surface area (Å²) in [5.41, 5.74) is 1.49. The molecule has 2 heterocycles. The van der Waals surface area contributed by atoms with Crippen molar-refractivity contribution in [3.05, 3.63) is 50.1 Å². The lowest BCUT2D eigenvalue weighted by Crippen LogP contribution is -2.17. The highest BCUT2D eigenvalue weighted by molar-refractivity contribution is 7.99. The molecule has 0 spiro atoms. The van der Waals surface area contributed by atoms with Crippen molar-refractivity contribution < 1.29 is 19.1 Å². The Bertz CT molecular complexity index is 1240. The number of carbonyl (C=O) groups excluding carboxylic acids is 2. The van der Waals surface area contributed by atoms with Crippen LogP contribution >= 0.6 is 46.3 Å². The molecule has 0 fully saturated rings. The highest BCUT2D eigenvalue weighted by Crippen LogP contribution is 2.38. The maximum atomic E-state index is 12.8. The molecule has 1 N–H and O–H groups in total. The molecule has 0 unspecified atom stereocenters. The normalized spacial score (nSPS) is 12.8. The molecule has 0 aliphatic heterocycles. The molecule has 0 radical (unpaired) electrons. The van der Waals surface area contributed by atoms with Crippen LogP contribution in [0.3, 0.4) is 0 Å². The number of fused-ring (bicyclic) bond motifs is 1. The molecule has 1 amide bonds. The molecular formula is C23H24Cl2N4O4S2. The molecule has 186 valence electrons. The zero-order valence-corrected chi connectivity index (χ0v) is 22.4. The predicted octanol–water partition coefficient (Wildman–Crippen LogP) is 5.64. The van der Waals surface area contributed by atoms with E-state index in [1.165, 1.54) is 30.2 Å². The summed E-state index contributed by atoms with van der Waals surface area (Å²) in [4.78, 5) is 26.3. The SMILES string of the molecule is CCn1c(COc2cc(Cl)ccc2Cl)nnc1SCC(=O)Nc1sc2c(c1C(=O)OC)CCCC2. The Kier molecular flexibility index (Phi) is 8.59. The molecule has 4 rings (SSSR count). The number of hydrogen-bond acceptors (Lipinski definition) is 8. The van der Waals surface area contributed by atoms with E-state index in [9.17, 15) is 9.59 Å². The van der Waals surface area contributed by atoms with Gasteiger partial charge in [0.2, 0.25) is 5.91 Å². The molecule has 8 nitrogen and oxygen atoms in total. The van der Waals surface area contributed by atoms with Crippen molar-refractivity contribution in [1.29, 1.82) is 0 Å². The van der Waals surface area contributed by atoms with Gasteiger partial charge in [-0.25, -0.2) is 4.79 Å². The third-order valence-corrected chi connectivity index (χ3v) is 8.23. The fraction of sp³-hybridized carbons (Fsp3) is 0.391. The molecule has 0 saturated heterocycles. The van der Waals surface area contributed by atoms with Crippen LogP contribution in [-0.2, 0) is 35.5 Å². The van der Waals surface area contributed by atoms with Crippen molar-refractivity contribution in [3.8, 4) is 5.75 Å². The summed E-state index contributed by atoms with van der Waals surface area (Å²) < 4.78 is 12.6. The number of anilines is 1. The van der Waals surface area contributed by atoms with Gasteiger partial charge in [0.25, 0.3) is 0 Å². The number of benzene rings is 1. The first-order valence-corrected chi connectivity index (χ1v) is 13.6. The number of thiophene rings is 1. The standard InChI is InChI=1S/C23H24Cl2N4O4S2/c1-3-29-18(11-33-16-10-13(24)8-9-15(16)25)27-28-23(29)34-12-19(30)26-21-20(22(31)32-2)14-6-4-5-7-17(14)35-21/h8-10H,3-7,11-12H2,1-2H3,(H,26,30). The van der Waals surface area contributed by atoms with Crippen LogP contribution in [0.5, 0.6) is 5.75 Å². The summed E-state index contributed by atoms with van der Waals surface area (Å²) in [6, 6.07) is 4.99. The van der Waals surface area contributed by atoms with Crippen LogP contribution in [0.1, 0.15) is 46.4 Å². The Morgan fingerprint density at radius 3 is 2.80 bits per heavy atom. The maximum Gasteiger partial charge on any atom is 0.341 e. The van der Waals surface area contributed by atoms with E-state index in [0.29, 0.717) is 43.9 Å². The zero-order chi connectivity index (χ0) is 24.9. The number of esters is 1. The summed E-state index contributed by atoms with van der Waals surface area (Å²) >= 11 is 14.9. The molecule has 0 saturated carbocycles. The average molecular weight is 556 g/mol. The van der Waals surface area contributed by atoms with Crippen LogP contribution in [0.25, 0.3) is 0 Å². The number of aryl methyl sites for hydroxylation is 1. The van der Waals surface area contributed by atoms with E-state index < -0.39 is 5.97 Å². The lowest BCUT2D eigenvalue weighted by Gasteiger charge is -2.12. The van der Waals surface area contributed by atoms with Crippen molar-refractivity contribution in [2.24, 2.45) is 0 Å². The van der Waals surface area contributed by atoms with Crippen LogP contribution < -0.4 is 10.1 Å². The highest BCUT2D eigenvalue weighted by Gasteiger charge is 2.27. The topological polar surface area (TPSA) is 95.3 Å². The van der Waals surface area contributed by atoms with Gasteiger partial charge in [-0.15, -0.1) is 21.5 Å². The molecule has 1 aromatic carbocycles. The number of aromatic nitrogens is 3. The van der Waals surface area contributed by atoms with Crippen molar-refractivity contribution in [2.75, 3.05) is 18.2 Å². The first-order valence-electron chi connectivity index (χ1n) is 11.1. The molecule has 0 bridgehead atoms. The van der Waals surface area contributed by atoms with Crippen molar-refractivity contribution in [2.45, 2.75) is 50.9 Å². The van der Waals surface area contributed by atoms with Gasteiger partial charge < -0.3 is 19.4 Å². The van der Waals surface area contributed by atoms with E-state index >= 15 is 0 Å². The van der Waals surface area contributed by atoms with Gasteiger partial charge in [0.15, 0.2) is 11.0 Å². The number of halogens is 2. The van der Waals surface area contributed by atoms with E-state index in [2.05, 4.69) is 15.5 Å². The van der Waals surface area contributed by atoms with Gasteiger partial charge in [0, 0.05) is 22.5 Å². The third-order valence-electron chi connectivity index (χ3n) is 5.51. The lowest BCUT2D eigenvalue weighted by molar-refractivity contribution is -0.113. The summed E-state index contributed by atoms with van der Waals surface area (Å²) in [5, 5.41) is 13.4. The van der Waals surface area contributed by atoms with Crippen LogP contribution in [0.2, 0.25) is 10.0 Å². The highest BCUT2D eigenvalue weighted by atomic mass is 35.5. The smallest absolute Gasteiger partial charge is 0.341 e. The van der Waals surface area contributed by atoms with E-state index in [0.717, 1.165) is 36.1 Å². The first kappa shape index (κ1) is 25.8.